The van der Waals surface area contributed by atoms with Crippen LogP contribution in [0.2, 0.25) is 0 Å². The molecule has 1 saturated heterocycles. The number of hydrogen-bond acceptors (Lipinski definition) is 7. The van der Waals surface area contributed by atoms with E-state index >= 15 is 0 Å². The number of sulfone groups is 1. The lowest BCUT2D eigenvalue weighted by molar-refractivity contribution is -0.0501. The fourth-order valence-corrected chi connectivity index (χ4v) is 3.52. The van der Waals surface area contributed by atoms with Crippen molar-refractivity contribution in [1.29, 1.82) is 0 Å². The standard InChI is InChI=1S/C10H12F3N3O6S2/c1-15-7(9(17)16-2-4-23(18,19)5-3-16)6-8(14-15)22-24(20,21)10(11,12)13/h6H,2-5H2,1H3. The molecule has 0 spiro atoms. The monoisotopic (exact) mass is 391 g/mol. The predicted molar refractivity (Wildman–Crippen MR) is 73.4 cm³/mol. The third kappa shape index (κ3) is 3.80. The molecule has 0 N–H and O–H groups in total. The first-order valence-electron chi connectivity index (χ1n) is 6.37. The quantitative estimate of drug-likeness (QED) is 0.505. The van der Waals surface area contributed by atoms with E-state index in [0.717, 1.165) is 10.7 Å². The molecule has 0 bridgehead atoms. The van der Waals surface area contributed by atoms with E-state index in [4.69, 9.17) is 0 Å². The minimum absolute atomic E-state index is 0.0800. The van der Waals surface area contributed by atoms with Crippen molar-refractivity contribution >= 4 is 25.9 Å². The number of hydrogen-bond donors (Lipinski definition) is 0. The smallest absolute Gasteiger partial charge is 0.354 e. The molecular formula is C10H12F3N3O6S2. The highest BCUT2D eigenvalue weighted by molar-refractivity contribution is 7.91. The number of carbonyl (C=O) groups is 1. The van der Waals surface area contributed by atoms with Crippen LogP contribution in [0.1, 0.15) is 10.5 Å². The highest BCUT2D eigenvalue weighted by atomic mass is 32.2. The first kappa shape index (κ1) is 18.5. The van der Waals surface area contributed by atoms with Crippen molar-refractivity contribution in [3.8, 4) is 5.88 Å². The van der Waals surface area contributed by atoms with Crippen LogP contribution in [0.3, 0.4) is 0 Å². The van der Waals surface area contributed by atoms with Gasteiger partial charge in [-0.3, -0.25) is 9.48 Å². The Balaban J connectivity index is 2.19. The van der Waals surface area contributed by atoms with E-state index in [1.165, 1.54) is 11.9 Å². The maximum Gasteiger partial charge on any atom is 0.534 e. The second-order valence-corrected chi connectivity index (χ2v) is 8.76. The first-order valence-corrected chi connectivity index (χ1v) is 9.60. The number of carbonyl (C=O) groups excluding carboxylic acids is 1. The van der Waals surface area contributed by atoms with E-state index in [1.54, 1.807) is 0 Å². The molecule has 1 aromatic rings. The lowest BCUT2D eigenvalue weighted by Gasteiger charge is -2.26. The van der Waals surface area contributed by atoms with Crippen LogP contribution < -0.4 is 4.18 Å². The third-order valence-corrected chi connectivity index (χ3v) is 5.75. The number of aryl methyl sites for hydroxylation is 1. The van der Waals surface area contributed by atoms with Gasteiger partial charge in [0.05, 0.1) is 11.5 Å². The molecule has 0 saturated carbocycles. The average Bonchev–Trinajstić information content (AvgIpc) is 2.76. The van der Waals surface area contributed by atoms with Crippen molar-refractivity contribution in [3.05, 3.63) is 11.8 Å². The number of halogens is 3. The summed E-state index contributed by atoms with van der Waals surface area (Å²) in [6, 6.07) is 0.745. The number of amides is 1. The van der Waals surface area contributed by atoms with Crippen LogP contribution in [0, 0.1) is 0 Å². The second kappa shape index (κ2) is 5.91. The highest BCUT2D eigenvalue weighted by Gasteiger charge is 2.49. The van der Waals surface area contributed by atoms with Gasteiger partial charge in [-0.2, -0.15) is 21.6 Å². The van der Waals surface area contributed by atoms with Crippen LogP contribution in [0.15, 0.2) is 6.07 Å². The van der Waals surface area contributed by atoms with E-state index in [9.17, 15) is 34.8 Å². The third-order valence-electron chi connectivity index (χ3n) is 3.19. The maximum atomic E-state index is 12.3. The highest BCUT2D eigenvalue weighted by Crippen LogP contribution is 2.26. The van der Waals surface area contributed by atoms with Crippen molar-refractivity contribution in [2.75, 3.05) is 24.6 Å². The number of rotatable bonds is 3. The summed E-state index contributed by atoms with van der Waals surface area (Å²) in [7, 11) is -7.91. The summed E-state index contributed by atoms with van der Waals surface area (Å²) >= 11 is 0. The molecule has 1 fully saturated rings. The molecular weight excluding hydrogens is 379 g/mol. The largest absolute Gasteiger partial charge is 0.534 e. The summed E-state index contributed by atoms with van der Waals surface area (Å²) in [5, 5.41) is 3.40. The lowest BCUT2D eigenvalue weighted by atomic mass is 10.3. The van der Waals surface area contributed by atoms with Gasteiger partial charge in [-0.15, -0.1) is 5.10 Å². The van der Waals surface area contributed by atoms with Crippen LogP contribution in [0.5, 0.6) is 5.88 Å². The minimum atomic E-state index is -5.90. The maximum absolute atomic E-state index is 12.3. The molecule has 2 heterocycles. The van der Waals surface area contributed by atoms with Crippen LogP contribution in [-0.2, 0) is 27.0 Å². The Morgan fingerprint density at radius 2 is 1.83 bits per heavy atom. The van der Waals surface area contributed by atoms with Gasteiger partial charge in [0.25, 0.3) is 11.8 Å². The Kier molecular flexibility index (Phi) is 4.56. The van der Waals surface area contributed by atoms with Gasteiger partial charge >= 0.3 is 15.6 Å². The number of alkyl halides is 3. The fraction of sp³-hybridized carbons (Fsp3) is 0.600. The predicted octanol–water partition coefficient (Wildman–Crippen LogP) is -0.481. The van der Waals surface area contributed by atoms with E-state index in [-0.39, 0.29) is 30.3 Å². The van der Waals surface area contributed by atoms with Gasteiger partial charge in [-0.05, 0) is 0 Å². The van der Waals surface area contributed by atoms with Gasteiger partial charge in [0.15, 0.2) is 9.84 Å². The zero-order valence-corrected chi connectivity index (χ0v) is 13.8. The van der Waals surface area contributed by atoms with Crippen LogP contribution >= 0.6 is 0 Å². The van der Waals surface area contributed by atoms with Gasteiger partial charge < -0.3 is 9.08 Å². The minimum Gasteiger partial charge on any atom is -0.354 e. The zero-order valence-electron chi connectivity index (χ0n) is 12.1. The van der Waals surface area contributed by atoms with Crippen LogP contribution in [0.4, 0.5) is 13.2 Å². The van der Waals surface area contributed by atoms with Crippen molar-refractivity contribution in [2.45, 2.75) is 5.51 Å². The molecule has 24 heavy (non-hydrogen) atoms. The molecule has 0 aliphatic carbocycles. The molecule has 9 nitrogen and oxygen atoms in total. The Morgan fingerprint density at radius 1 is 1.29 bits per heavy atom. The molecule has 1 amide bonds. The molecule has 1 aliphatic heterocycles. The van der Waals surface area contributed by atoms with Crippen LogP contribution in [0.25, 0.3) is 0 Å². The zero-order chi connectivity index (χ0) is 18.3. The molecule has 0 aromatic carbocycles. The summed E-state index contributed by atoms with van der Waals surface area (Å²) in [6.45, 7) is -0.160. The molecule has 14 heteroatoms. The molecule has 1 aromatic heterocycles. The van der Waals surface area contributed by atoms with Gasteiger partial charge in [-0.25, -0.2) is 8.42 Å². The van der Waals surface area contributed by atoms with E-state index in [0.29, 0.717) is 0 Å². The number of nitrogens with zero attached hydrogens (tertiary/aromatic N) is 3. The Hall–Kier alpha value is -1.83. The van der Waals surface area contributed by atoms with Gasteiger partial charge in [-0.1, -0.05) is 0 Å². The molecule has 2 rings (SSSR count). The van der Waals surface area contributed by atoms with E-state index < -0.39 is 37.3 Å². The summed E-state index contributed by atoms with van der Waals surface area (Å²) in [6.07, 6.45) is 0. The molecule has 1 aliphatic rings. The van der Waals surface area contributed by atoms with Crippen LogP contribution in [-0.4, -0.2) is 67.5 Å². The van der Waals surface area contributed by atoms with Crippen molar-refractivity contribution in [2.24, 2.45) is 7.05 Å². The molecule has 0 radical (unpaired) electrons. The van der Waals surface area contributed by atoms with Gasteiger partial charge in [0.2, 0.25) is 0 Å². The van der Waals surface area contributed by atoms with Crippen molar-refractivity contribution in [3.63, 3.8) is 0 Å². The van der Waals surface area contributed by atoms with Crippen molar-refractivity contribution in [1.82, 2.24) is 14.7 Å². The van der Waals surface area contributed by atoms with E-state index in [2.05, 4.69) is 9.28 Å². The Labute approximate surface area is 135 Å². The summed E-state index contributed by atoms with van der Waals surface area (Å²) < 4.78 is 86.0. The normalized spacial score (nSPS) is 18.4. The Morgan fingerprint density at radius 3 is 2.33 bits per heavy atom. The summed E-state index contributed by atoms with van der Waals surface area (Å²) in [5.41, 5.74) is -5.86. The lowest BCUT2D eigenvalue weighted by Crippen LogP contribution is -2.44. The average molecular weight is 391 g/mol. The first-order chi connectivity index (χ1) is 10.8. The number of aromatic nitrogens is 2. The molecule has 136 valence electrons. The Bertz CT molecular complexity index is 845. The van der Waals surface area contributed by atoms with Gasteiger partial charge in [0.1, 0.15) is 5.69 Å². The SMILES string of the molecule is Cn1nc(OS(=O)(=O)C(F)(F)F)cc1C(=O)N1CCS(=O)(=O)CC1. The van der Waals surface area contributed by atoms with E-state index in [1.807, 2.05) is 0 Å². The summed E-state index contributed by atoms with van der Waals surface area (Å²) in [4.78, 5) is 13.4. The topological polar surface area (TPSA) is 116 Å². The molecule has 0 atom stereocenters. The van der Waals surface area contributed by atoms with Crippen molar-refractivity contribution < 1.29 is 39.0 Å². The molecule has 0 unspecified atom stereocenters. The second-order valence-electron chi connectivity index (χ2n) is 4.92. The van der Waals surface area contributed by atoms with Gasteiger partial charge in [0, 0.05) is 26.2 Å². The fourth-order valence-electron chi connectivity index (χ4n) is 1.92. The summed E-state index contributed by atoms with van der Waals surface area (Å²) in [5.74, 6) is -2.08.